The molecule has 0 unspecified atom stereocenters. The van der Waals surface area contributed by atoms with Crippen molar-refractivity contribution >= 4 is 12.4 Å². The van der Waals surface area contributed by atoms with Crippen molar-refractivity contribution in [2.75, 3.05) is 13.2 Å². The van der Waals surface area contributed by atoms with Gasteiger partial charge in [0, 0.05) is 0 Å². The molecule has 4 nitrogen and oxygen atoms in total. The predicted molar refractivity (Wildman–Crippen MR) is 99.6 cm³/mol. The van der Waals surface area contributed by atoms with Gasteiger partial charge >= 0.3 is 0 Å². The second kappa shape index (κ2) is 10.2. The van der Waals surface area contributed by atoms with Crippen molar-refractivity contribution in [1.82, 2.24) is 0 Å². The Bertz CT molecular complexity index is 587. The molecule has 0 aromatic heterocycles. The summed E-state index contributed by atoms with van der Waals surface area (Å²) < 4.78 is 11.1. The Kier molecular flexibility index (Phi) is 7.54. The minimum atomic E-state index is 0.736. The summed E-state index contributed by atoms with van der Waals surface area (Å²) in [6.45, 7) is 5.65. The van der Waals surface area contributed by atoms with Crippen LogP contribution in [0.2, 0.25) is 0 Å². The van der Waals surface area contributed by atoms with Crippen LogP contribution in [0, 0.1) is 0 Å². The second-order valence-corrected chi connectivity index (χ2v) is 5.32. The smallest absolute Gasteiger partial charge is 0.119 e. The number of benzene rings is 2. The molecule has 0 saturated carbocycles. The van der Waals surface area contributed by atoms with Crippen molar-refractivity contribution in [3.8, 4) is 11.5 Å². The lowest BCUT2D eigenvalue weighted by molar-refractivity contribution is 0.317. The maximum Gasteiger partial charge on any atom is 0.119 e. The predicted octanol–water partition coefficient (Wildman–Crippen LogP) is 4.72. The van der Waals surface area contributed by atoms with Crippen molar-refractivity contribution in [2.24, 2.45) is 10.2 Å². The fraction of sp³-hybridized carbons (Fsp3) is 0.300. The lowest BCUT2D eigenvalue weighted by Gasteiger charge is -2.03. The van der Waals surface area contributed by atoms with Crippen LogP contribution < -0.4 is 9.47 Å². The molecule has 2 aromatic rings. The third-order valence-electron chi connectivity index (χ3n) is 3.19. The summed E-state index contributed by atoms with van der Waals surface area (Å²) in [5, 5.41) is 8.15. The molecule has 0 atom stereocenters. The van der Waals surface area contributed by atoms with E-state index in [1.54, 1.807) is 12.4 Å². The molecule has 0 N–H and O–H groups in total. The van der Waals surface area contributed by atoms with Gasteiger partial charge in [0.15, 0.2) is 0 Å². The number of nitrogens with zero attached hydrogens (tertiary/aromatic N) is 2. The first-order chi connectivity index (χ1) is 11.8. The van der Waals surface area contributed by atoms with Crippen molar-refractivity contribution in [1.29, 1.82) is 0 Å². The molecule has 126 valence electrons. The molecule has 0 fully saturated rings. The standard InChI is InChI=1S/C20H24N2O2/c1-3-13-23-19-9-5-17(6-10-19)15-21-22-16-18-7-11-20(12-8-18)24-14-4-2/h5-12,15-16H,3-4,13-14H2,1-2H3. The summed E-state index contributed by atoms with van der Waals surface area (Å²) in [6.07, 6.45) is 5.45. The Balaban J connectivity index is 1.85. The fourth-order valence-electron chi connectivity index (χ4n) is 1.94. The van der Waals surface area contributed by atoms with E-state index in [9.17, 15) is 0 Å². The van der Waals surface area contributed by atoms with Crippen molar-refractivity contribution in [3.63, 3.8) is 0 Å². The van der Waals surface area contributed by atoms with E-state index >= 15 is 0 Å². The van der Waals surface area contributed by atoms with E-state index in [4.69, 9.17) is 9.47 Å². The zero-order valence-corrected chi connectivity index (χ0v) is 14.3. The van der Waals surface area contributed by atoms with Gasteiger partial charge in [-0.3, -0.25) is 0 Å². The molecule has 0 aliphatic carbocycles. The zero-order valence-electron chi connectivity index (χ0n) is 14.3. The maximum atomic E-state index is 5.54. The summed E-state index contributed by atoms with van der Waals surface area (Å²) in [6, 6.07) is 15.6. The molecule has 0 saturated heterocycles. The number of hydrogen-bond donors (Lipinski definition) is 0. The highest BCUT2D eigenvalue weighted by Gasteiger charge is 1.94. The highest BCUT2D eigenvalue weighted by Crippen LogP contribution is 2.12. The number of rotatable bonds is 9. The monoisotopic (exact) mass is 324 g/mol. The summed E-state index contributed by atoms with van der Waals surface area (Å²) in [5.41, 5.74) is 1.97. The fourth-order valence-corrected chi connectivity index (χ4v) is 1.94. The van der Waals surface area contributed by atoms with Crippen LogP contribution in [0.1, 0.15) is 37.8 Å². The van der Waals surface area contributed by atoms with Gasteiger partial charge < -0.3 is 9.47 Å². The average molecular weight is 324 g/mol. The molecule has 2 rings (SSSR count). The summed E-state index contributed by atoms with van der Waals surface area (Å²) >= 11 is 0. The van der Waals surface area contributed by atoms with Gasteiger partial charge in [-0.1, -0.05) is 13.8 Å². The van der Waals surface area contributed by atoms with E-state index in [1.807, 2.05) is 48.5 Å². The number of ether oxygens (including phenoxy) is 2. The van der Waals surface area contributed by atoms with Gasteiger partial charge in [0.1, 0.15) is 11.5 Å². The number of hydrogen-bond acceptors (Lipinski definition) is 4. The summed E-state index contributed by atoms with van der Waals surface area (Å²) in [4.78, 5) is 0. The molecule has 4 heteroatoms. The molecule has 0 spiro atoms. The van der Waals surface area contributed by atoms with E-state index in [0.29, 0.717) is 0 Å². The minimum Gasteiger partial charge on any atom is -0.494 e. The molecule has 0 radical (unpaired) electrons. The molecule has 0 bridgehead atoms. The van der Waals surface area contributed by atoms with Crippen molar-refractivity contribution in [3.05, 3.63) is 59.7 Å². The van der Waals surface area contributed by atoms with Crippen molar-refractivity contribution in [2.45, 2.75) is 26.7 Å². The van der Waals surface area contributed by atoms with Crippen molar-refractivity contribution < 1.29 is 9.47 Å². The van der Waals surface area contributed by atoms with E-state index in [2.05, 4.69) is 24.1 Å². The van der Waals surface area contributed by atoms with Crippen LogP contribution in [0.4, 0.5) is 0 Å². The zero-order chi connectivity index (χ0) is 17.0. The van der Waals surface area contributed by atoms with E-state index in [0.717, 1.165) is 48.7 Å². The molecule has 0 aliphatic rings. The van der Waals surface area contributed by atoms with Gasteiger partial charge in [-0.2, -0.15) is 10.2 Å². The first-order valence-corrected chi connectivity index (χ1v) is 8.34. The highest BCUT2D eigenvalue weighted by atomic mass is 16.5. The Morgan fingerprint density at radius 2 is 1.04 bits per heavy atom. The van der Waals surface area contributed by atoms with Gasteiger partial charge in [-0.15, -0.1) is 0 Å². The normalized spacial score (nSPS) is 11.2. The lowest BCUT2D eigenvalue weighted by atomic mass is 10.2. The second-order valence-electron chi connectivity index (χ2n) is 5.32. The van der Waals surface area contributed by atoms with Gasteiger partial charge in [0.25, 0.3) is 0 Å². The Morgan fingerprint density at radius 3 is 1.38 bits per heavy atom. The van der Waals surface area contributed by atoms with E-state index < -0.39 is 0 Å². The van der Waals surface area contributed by atoms with Crippen LogP contribution >= 0.6 is 0 Å². The first kappa shape index (κ1) is 17.7. The third kappa shape index (κ3) is 6.24. The van der Waals surface area contributed by atoms with Crippen LogP contribution in [0.3, 0.4) is 0 Å². The SMILES string of the molecule is CCCOc1ccc(C=NN=Cc2ccc(OCCC)cc2)cc1. The topological polar surface area (TPSA) is 43.2 Å². The van der Waals surface area contributed by atoms with Gasteiger partial charge in [0.05, 0.1) is 25.6 Å². The van der Waals surface area contributed by atoms with Crippen LogP contribution in [0.15, 0.2) is 58.7 Å². The third-order valence-corrected chi connectivity index (χ3v) is 3.19. The minimum absolute atomic E-state index is 0.736. The molecule has 24 heavy (non-hydrogen) atoms. The Labute approximate surface area is 143 Å². The van der Waals surface area contributed by atoms with Crippen LogP contribution in [-0.4, -0.2) is 25.6 Å². The van der Waals surface area contributed by atoms with Gasteiger partial charge in [-0.05, 0) is 72.5 Å². The average Bonchev–Trinajstić information content (AvgIpc) is 2.64. The van der Waals surface area contributed by atoms with Crippen LogP contribution in [-0.2, 0) is 0 Å². The lowest BCUT2D eigenvalue weighted by Crippen LogP contribution is -1.94. The van der Waals surface area contributed by atoms with E-state index in [-0.39, 0.29) is 0 Å². The molecular weight excluding hydrogens is 300 g/mol. The largest absolute Gasteiger partial charge is 0.494 e. The van der Waals surface area contributed by atoms with Gasteiger partial charge in [-0.25, -0.2) is 0 Å². The van der Waals surface area contributed by atoms with Crippen LogP contribution in [0.25, 0.3) is 0 Å². The first-order valence-electron chi connectivity index (χ1n) is 8.34. The summed E-state index contributed by atoms with van der Waals surface area (Å²) in [5.74, 6) is 1.76. The molecule has 2 aromatic carbocycles. The quantitative estimate of drug-likeness (QED) is 0.495. The maximum absolute atomic E-state index is 5.54. The Hall–Kier alpha value is -2.62. The van der Waals surface area contributed by atoms with Crippen LogP contribution in [0.5, 0.6) is 11.5 Å². The van der Waals surface area contributed by atoms with E-state index in [1.165, 1.54) is 0 Å². The molecular formula is C20H24N2O2. The highest BCUT2D eigenvalue weighted by molar-refractivity contribution is 5.82. The Morgan fingerprint density at radius 1 is 0.667 bits per heavy atom. The summed E-state index contributed by atoms with van der Waals surface area (Å²) in [7, 11) is 0. The van der Waals surface area contributed by atoms with Gasteiger partial charge in [0.2, 0.25) is 0 Å². The molecule has 0 heterocycles. The molecule has 0 amide bonds. The molecule has 0 aliphatic heterocycles.